The van der Waals surface area contributed by atoms with Crippen LogP contribution in [0.3, 0.4) is 0 Å². The zero-order valence-electron chi connectivity index (χ0n) is 10.5. The van der Waals surface area contributed by atoms with Crippen molar-refractivity contribution in [3.63, 3.8) is 0 Å². The molecule has 0 radical (unpaired) electrons. The van der Waals surface area contributed by atoms with E-state index < -0.39 is 0 Å². The molecular formula is C13H16ClN3O. The van der Waals surface area contributed by atoms with Crippen LogP contribution in [0.5, 0.6) is 11.6 Å². The number of aryl methyl sites for hydroxylation is 2. The number of hydrogen-bond donors (Lipinski definition) is 1. The van der Waals surface area contributed by atoms with E-state index in [0.717, 1.165) is 23.6 Å². The van der Waals surface area contributed by atoms with E-state index in [4.69, 9.17) is 22.1 Å². The minimum atomic E-state index is 0.568. The average molecular weight is 266 g/mol. The minimum absolute atomic E-state index is 0.568. The van der Waals surface area contributed by atoms with Crippen LogP contribution in [-0.4, -0.2) is 16.3 Å². The van der Waals surface area contributed by atoms with Gasteiger partial charge >= 0.3 is 0 Å². The lowest BCUT2D eigenvalue weighted by atomic mass is 10.2. The summed E-state index contributed by atoms with van der Waals surface area (Å²) < 4.78 is 7.58. The summed E-state index contributed by atoms with van der Waals surface area (Å²) in [7, 11) is 1.85. The van der Waals surface area contributed by atoms with Gasteiger partial charge in [0.2, 0.25) is 5.88 Å². The fraction of sp³-hybridized carbons (Fsp3) is 0.308. The number of nitrogens with two attached hydrogens (primary N) is 1. The topological polar surface area (TPSA) is 53.1 Å². The van der Waals surface area contributed by atoms with E-state index in [2.05, 4.69) is 5.10 Å². The van der Waals surface area contributed by atoms with Crippen molar-refractivity contribution >= 4 is 11.6 Å². The van der Waals surface area contributed by atoms with Gasteiger partial charge in [0.25, 0.3) is 0 Å². The predicted molar refractivity (Wildman–Crippen MR) is 72.2 cm³/mol. The second kappa shape index (κ2) is 5.42. The Labute approximate surface area is 111 Å². The molecule has 0 unspecified atom stereocenters. The molecule has 18 heavy (non-hydrogen) atoms. The van der Waals surface area contributed by atoms with Crippen LogP contribution in [0.4, 0.5) is 0 Å². The second-order valence-corrected chi connectivity index (χ2v) is 4.53. The van der Waals surface area contributed by atoms with E-state index in [1.807, 2.05) is 32.2 Å². The number of hydrogen-bond acceptors (Lipinski definition) is 3. The number of benzene rings is 1. The molecule has 96 valence electrons. The Morgan fingerprint density at radius 1 is 1.44 bits per heavy atom. The smallest absolute Gasteiger partial charge is 0.221 e. The van der Waals surface area contributed by atoms with Crippen LogP contribution in [0.15, 0.2) is 24.3 Å². The first-order valence-corrected chi connectivity index (χ1v) is 6.15. The second-order valence-electron chi connectivity index (χ2n) is 4.09. The summed E-state index contributed by atoms with van der Waals surface area (Å²) in [4.78, 5) is 0. The third kappa shape index (κ3) is 2.66. The van der Waals surface area contributed by atoms with Crippen LogP contribution in [0.2, 0.25) is 5.02 Å². The van der Waals surface area contributed by atoms with E-state index in [0.29, 0.717) is 17.3 Å². The highest BCUT2D eigenvalue weighted by Crippen LogP contribution is 2.28. The summed E-state index contributed by atoms with van der Waals surface area (Å²) in [6, 6.07) is 7.30. The van der Waals surface area contributed by atoms with Crippen molar-refractivity contribution in [1.82, 2.24) is 9.78 Å². The fourth-order valence-electron chi connectivity index (χ4n) is 1.88. The monoisotopic (exact) mass is 265 g/mol. The third-order valence-corrected chi connectivity index (χ3v) is 2.93. The van der Waals surface area contributed by atoms with Crippen LogP contribution >= 0.6 is 11.6 Å². The first-order valence-electron chi connectivity index (χ1n) is 5.77. The van der Waals surface area contributed by atoms with Crippen LogP contribution in [0.25, 0.3) is 0 Å². The molecule has 0 bridgehead atoms. The fourth-order valence-corrected chi connectivity index (χ4v) is 2.06. The van der Waals surface area contributed by atoms with Crippen molar-refractivity contribution in [2.24, 2.45) is 12.8 Å². The van der Waals surface area contributed by atoms with Crippen molar-refractivity contribution in [2.75, 3.05) is 6.54 Å². The summed E-state index contributed by atoms with van der Waals surface area (Å²) in [5, 5.41) is 5.00. The molecule has 0 atom stereocenters. The highest BCUT2D eigenvalue weighted by atomic mass is 35.5. The maximum atomic E-state index is 5.93. The maximum Gasteiger partial charge on any atom is 0.221 e. The minimum Gasteiger partial charge on any atom is -0.439 e. The standard InChI is InChI=1S/C13H16ClN3O/c1-9-12(6-7-15)13(17(2)16-9)18-11-5-3-4-10(14)8-11/h3-5,8H,6-7,15H2,1-2H3. The summed E-state index contributed by atoms with van der Waals surface area (Å²) in [5.74, 6) is 1.42. The van der Waals surface area contributed by atoms with Crippen molar-refractivity contribution < 1.29 is 4.74 Å². The van der Waals surface area contributed by atoms with Gasteiger partial charge in [0, 0.05) is 17.6 Å². The molecule has 1 aromatic heterocycles. The molecule has 1 heterocycles. The lowest BCUT2D eigenvalue weighted by Crippen LogP contribution is -2.04. The van der Waals surface area contributed by atoms with E-state index in [9.17, 15) is 0 Å². The molecule has 2 aromatic rings. The molecule has 5 heteroatoms. The van der Waals surface area contributed by atoms with Gasteiger partial charge in [-0.3, -0.25) is 0 Å². The molecule has 0 aliphatic heterocycles. The molecule has 2 N–H and O–H groups in total. The first-order chi connectivity index (χ1) is 8.61. The molecule has 0 amide bonds. The molecule has 2 rings (SSSR count). The van der Waals surface area contributed by atoms with Crippen LogP contribution in [0.1, 0.15) is 11.3 Å². The quantitative estimate of drug-likeness (QED) is 0.925. The highest BCUT2D eigenvalue weighted by Gasteiger charge is 2.14. The Morgan fingerprint density at radius 3 is 2.89 bits per heavy atom. The molecular weight excluding hydrogens is 250 g/mol. The molecule has 0 saturated heterocycles. The maximum absolute atomic E-state index is 5.93. The van der Waals surface area contributed by atoms with Gasteiger partial charge in [0.1, 0.15) is 5.75 Å². The van der Waals surface area contributed by atoms with E-state index in [-0.39, 0.29) is 0 Å². The first kappa shape index (κ1) is 12.9. The van der Waals surface area contributed by atoms with E-state index in [1.165, 1.54) is 0 Å². The molecule has 0 aliphatic rings. The molecule has 0 aliphatic carbocycles. The van der Waals surface area contributed by atoms with Crippen LogP contribution in [0, 0.1) is 6.92 Å². The van der Waals surface area contributed by atoms with E-state index >= 15 is 0 Å². The Morgan fingerprint density at radius 2 is 2.22 bits per heavy atom. The third-order valence-electron chi connectivity index (χ3n) is 2.69. The van der Waals surface area contributed by atoms with Gasteiger partial charge in [-0.05, 0) is 38.1 Å². The summed E-state index contributed by atoms with van der Waals surface area (Å²) in [5.41, 5.74) is 7.60. The summed E-state index contributed by atoms with van der Waals surface area (Å²) >= 11 is 5.93. The normalized spacial score (nSPS) is 10.7. The largest absolute Gasteiger partial charge is 0.439 e. The lowest BCUT2D eigenvalue weighted by molar-refractivity contribution is 0.426. The van der Waals surface area contributed by atoms with Crippen molar-refractivity contribution in [1.29, 1.82) is 0 Å². The van der Waals surface area contributed by atoms with Crippen LogP contribution in [-0.2, 0) is 13.5 Å². The number of nitrogens with zero attached hydrogens (tertiary/aromatic N) is 2. The van der Waals surface area contributed by atoms with Gasteiger partial charge in [-0.1, -0.05) is 17.7 Å². The summed E-state index contributed by atoms with van der Waals surface area (Å²) in [6.45, 7) is 2.52. The zero-order chi connectivity index (χ0) is 13.1. The van der Waals surface area contributed by atoms with Gasteiger partial charge in [-0.2, -0.15) is 5.10 Å². The lowest BCUT2D eigenvalue weighted by Gasteiger charge is -2.08. The SMILES string of the molecule is Cc1nn(C)c(Oc2cccc(Cl)c2)c1CCN. The molecule has 0 fully saturated rings. The Hall–Kier alpha value is -1.52. The number of halogens is 1. The Balaban J connectivity index is 2.33. The summed E-state index contributed by atoms with van der Waals surface area (Å²) in [6.07, 6.45) is 0.746. The van der Waals surface area contributed by atoms with Gasteiger partial charge in [-0.25, -0.2) is 4.68 Å². The van der Waals surface area contributed by atoms with Crippen LogP contribution < -0.4 is 10.5 Å². The number of ether oxygens (including phenoxy) is 1. The average Bonchev–Trinajstić information content (AvgIpc) is 2.57. The molecule has 4 nitrogen and oxygen atoms in total. The number of rotatable bonds is 4. The van der Waals surface area contributed by atoms with Crippen molar-refractivity contribution in [3.05, 3.63) is 40.5 Å². The van der Waals surface area contributed by atoms with Gasteiger partial charge in [-0.15, -0.1) is 0 Å². The highest BCUT2D eigenvalue weighted by molar-refractivity contribution is 6.30. The number of aromatic nitrogens is 2. The zero-order valence-corrected chi connectivity index (χ0v) is 11.2. The Bertz CT molecular complexity index is 551. The van der Waals surface area contributed by atoms with Gasteiger partial charge in [0.05, 0.1) is 5.69 Å². The molecule has 0 saturated carbocycles. The van der Waals surface area contributed by atoms with Crippen molar-refractivity contribution in [3.8, 4) is 11.6 Å². The molecule has 0 spiro atoms. The predicted octanol–water partition coefficient (Wildman–Crippen LogP) is 2.68. The van der Waals surface area contributed by atoms with Gasteiger partial charge in [0.15, 0.2) is 0 Å². The Kier molecular flexibility index (Phi) is 3.89. The van der Waals surface area contributed by atoms with Crippen molar-refractivity contribution in [2.45, 2.75) is 13.3 Å². The van der Waals surface area contributed by atoms with E-state index in [1.54, 1.807) is 10.7 Å². The van der Waals surface area contributed by atoms with Gasteiger partial charge < -0.3 is 10.5 Å². The molecule has 1 aromatic carbocycles.